The second-order valence-electron chi connectivity index (χ2n) is 8.07. The van der Waals surface area contributed by atoms with Gasteiger partial charge in [0.1, 0.15) is 23.7 Å². The first-order valence-corrected chi connectivity index (χ1v) is 15.4. The van der Waals surface area contributed by atoms with E-state index in [9.17, 15) is 19.5 Å². The predicted molar refractivity (Wildman–Crippen MR) is 149 cm³/mol. The van der Waals surface area contributed by atoms with Crippen molar-refractivity contribution in [2.45, 2.75) is 24.9 Å². The van der Waals surface area contributed by atoms with E-state index in [1.54, 1.807) is 12.3 Å². The van der Waals surface area contributed by atoms with Crippen LogP contribution in [0.1, 0.15) is 12.6 Å². The minimum absolute atomic E-state index is 0.124. The van der Waals surface area contributed by atoms with Crippen molar-refractivity contribution >= 4 is 105 Å². The lowest BCUT2D eigenvalue weighted by atomic mass is 10.0. The minimum atomic E-state index is -1.44. The number of β-lactam (4-membered cyclic amide) rings is 1. The van der Waals surface area contributed by atoms with Crippen LogP contribution in [0.25, 0.3) is 10.2 Å². The van der Waals surface area contributed by atoms with Gasteiger partial charge in [0, 0.05) is 22.8 Å². The lowest BCUT2D eigenvalue weighted by Gasteiger charge is -2.50. The molecule has 2 aliphatic heterocycles. The molecule has 0 bridgehead atoms. The summed E-state index contributed by atoms with van der Waals surface area (Å²) < 4.78 is 3.78. The molecule has 198 valence electrons. The SMILES string of the molecule is CCO/N=C(/C(=O)NC1C(=O)N2C(C(=O)[O-])=C(C[n+]3cccc4c(Br)c(Br)sc43)CS[C@H]12)c1csc(N)n1. The van der Waals surface area contributed by atoms with E-state index >= 15 is 0 Å². The van der Waals surface area contributed by atoms with Gasteiger partial charge in [-0.3, -0.25) is 14.5 Å². The van der Waals surface area contributed by atoms with Gasteiger partial charge in [-0.25, -0.2) is 4.98 Å². The van der Waals surface area contributed by atoms with E-state index in [-0.39, 0.29) is 35.4 Å². The number of nitrogen functional groups attached to an aromatic ring is 1. The number of aromatic nitrogens is 2. The summed E-state index contributed by atoms with van der Waals surface area (Å²) in [5.74, 6) is -2.33. The molecule has 3 N–H and O–H groups in total. The van der Waals surface area contributed by atoms with Crippen molar-refractivity contribution in [3.05, 3.63) is 48.9 Å². The molecule has 38 heavy (non-hydrogen) atoms. The fraction of sp³-hybridized carbons (Fsp3) is 0.273. The van der Waals surface area contributed by atoms with Crippen LogP contribution in [0.15, 0.2) is 48.4 Å². The molecule has 1 saturated heterocycles. The van der Waals surface area contributed by atoms with Gasteiger partial charge >= 0.3 is 0 Å². The topological polar surface area (TPSA) is 154 Å². The number of pyridine rings is 1. The number of hydrogen-bond donors (Lipinski definition) is 2. The Hall–Kier alpha value is -2.53. The van der Waals surface area contributed by atoms with Gasteiger partial charge in [-0.2, -0.15) is 4.57 Å². The summed E-state index contributed by atoms with van der Waals surface area (Å²) in [4.78, 5) is 49.6. The van der Waals surface area contributed by atoms with Gasteiger partial charge < -0.3 is 25.8 Å². The molecule has 0 aromatic carbocycles. The summed E-state index contributed by atoms with van der Waals surface area (Å²) in [5.41, 5.74) is 6.15. The molecule has 0 saturated carbocycles. The van der Waals surface area contributed by atoms with Crippen LogP contribution in [0.3, 0.4) is 0 Å². The Kier molecular flexibility index (Phi) is 7.77. The maximum absolute atomic E-state index is 13.1. The van der Waals surface area contributed by atoms with Crippen LogP contribution in [0.5, 0.6) is 0 Å². The van der Waals surface area contributed by atoms with Crippen LogP contribution in [0, 0.1) is 0 Å². The van der Waals surface area contributed by atoms with Crippen molar-refractivity contribution in [1.29, 1.82) is 0 Å². The number of carboxylic acid groups (broad SMARTS) is 1. The van der Waals surface area contributed by atoms with Gasteiger partial charge in [-0.15, -0.1) is 23.1 Å². The largest absolute Gasteiger partial charge is 0.543 e. The number of thiazole rings is 1. The van der Waals surface area contributed by atoms with E-state index < -0.39 is 29.2 Å². The number of thiophene rings is 1. The molecule has 0 radical (unpaired) electrons. The summed E-state index contributed by atoms with van der Waals surface area (Å²) in [6.45, 7) is 2.19. The van der Waals surface area contributed by atoms with Crippen molar-refractivity contribution in [1.82, 2.24) is 15.2 Å². The van der Waals surface area contributed by atoms with E-state index in [0.717, 1.165) is 29.8 Å². The van der Waals surface area contributed by atoms with E-state index in [0.29, 0.717) is 11.3 Å². The number of nitrogens with two attached hydrogens (primary N) is 1. The van der Waals surface area contributed by atoms with Gasteiger partial charge in [0.05, 0.1) is 25.3 Å². The Morgan fingerprint density at radius 1 is 1.42 bits per heavy atom. The lowest BCUT2D eigenvalue weighted by molar-refractivity contribution is -0.661. The molecule has 2 aliphatic rings. The molecule has 1 unspecified atom stereocenters. The second-order valence-corrected chi connectivity index (χ2v) is 13.2. The van der Waals surface area contributed by atoms with E-state index in [4.69, 9.17) is 10.6 Å². The van der Waals surface area contributed by atoms with Gasteiger partial charge in [0.2, 0.25) is 0 Å². The maximum Gasteiger partial charge on any atom is 0.276 e. The number of thioether (sulfide) groups is 1. The number of halogens is 2. The van der Waals surface area contributed by atoms with Crippen LogP contribution in [-0.2, 0) is 25.8 Å². The Morgan fingerprint density at radius 3 is 2.89 bits per heavy atom. The predicted octanol–water partition coefficient (Wildman–Crippen LogP) is 1.60. The molecule has 0 aliphatic carbocycles. The molecule has 16 heteroatoms. The normalized spacial score (nSPS) is 19.4. The van der Waals surface area contributed by atoms with Crippen LogP contribution in [-0.4, -0.2) is 57.2 Å². The zero-order valence-corrected chi connectivity index (χ0v) is 25.1. The first kappa shape index (κ1) is 27.1. The van der Waals surface area contributed by atoms with Gasteiger partial charge in [0.15, 0.2) is 23.6 Å². The molecule has 1 fully saturated rings. The summed E-state index contributed by atoms with van der Waals surface area (Å²) in [6, 6.07) is 2.89. The second kappa shape index (κ2) is 10.9. The highest BCUT2D eigenvalue weighted by atomic mass is 79.9. The van der Waals surface area contributed by atoms with E-state index in [2.05, 4.69) is 47.3 Å². The summed E-state index contributed by atoms with van der Waals surface area (Å²) in [7, 11) is 0. The standard InChI is InChI=1S/C22H18Br2N6O5S3/c1-2-35-28-13(11-8-37-22(25)26-11)17(31)27-14-18(32)30-15(21(33)34)9(7-36-20(14)30)6-29-5-3-4-10-12(23)16(24)38-19(10)29/h3-5,8,14,20H,2,6-7H2,1H3,(H3-,25,26,27,31,33,34)/b28-13+/t14?,20-/m1/s1. The summed E-state index contributed by atoms with van der Waals surface area (Å²) in [6.07, 6.45) is 1.86. The third-order valence-corrected chi connectivity index (χ3v) is 11.3. The average Bonchev–Trinajstić information content (AvgIpc) is 3.45. The fourth-order valence-corrected chi connectivity index (χ4v) is 8.26. The highest BCUT2D eigenvalue weighted by molar-refractivity contribution is 9.13. The number of hydrogen-bond acceptors (Lipinski definition) is 11. The number of aliphatic carboxylic acids is 1. The fourth-order valence-electron chi connectivity index (χ4n) is 4.12. The molecule has 2 amide bonds. The van der Waals surface area contributed by atoms with E-state index in [1.807, 2.05) is 22.9 Å². The molecule has 0 spiro atoms. The molecule has 2 atom stereocenters. The Labute approximate surface area is 245 Å². The first-order chi connectivity index (χ1) is 18.2. The Balaban J connectivity index is 1.39. The molecular weight excluding hydrogens is 684 g/mol. The first-order valence-electron chi connectivity index (χ1n) is 11.1. The third kappa shape index (κ3) is 4.83. The van der Waals surface area contributed by atoms with Crippen LogP contribution in [0.4, 0.5) is 5.13 Å². The van der Waals surface area contributed by atoms with Gasteiger partial charge in [-0.05, 0) is 44.8 Å². The number of nitrogens with zero attached hydrogens (tertiary/aromatic N) is 4. The highest BCUT2D eigenvalue weighted by Gasteiger charge is 2.53. The van der Waals surface area contributed by atoms with Crippen LogP contribution in [0.2, 0.25) is 0 Å². The van der Waals surface area contributed by atoms with Crippen molar-refractivity contribution < 1.29 is 28.9 Å². The van der Waals surface area contributed by atoms with Crippen LogP contribution >= 0.6 is 66.3 Å². The van der Waals surface area contributed by atoms with Crippen molar-refractivity contribution in [3.63, 3.8) is 0 Å². The quantitative estimate of drug-likeness (QED) is 0.155. The Bertz CT molecular complexity index is 1540. The van der Waals surface area contributed by atoms with Crippen molar-refractivity contribution in [3.8, 4) is 0 Å². The summed E-state index contributed by atoms with van der Waals surface area (Å²) >= 11 is 11.1. The Morgan fingerprint density at radius 2 is 2.21 bits per heavy atom. The molecular formula is C22H18Br2N6O5S3. The number of oxime groups is 1. The molecule has 3 aromatic rings. The zero-order chi connectivity index (χ0) is 27.1. The number of anilines is 1. The average molecular weight is 702 g/mol. The molecule has 5 heterocycles. The lowest BCUT2D eigenvalue weighted by Crippen LogP contribution is -2.71. The monoisotopic (exact) mass is 700 g/mol. The zero-order valence-electron chi connectivity index (χ0n) is 19.5. The summed E-state index contributed by atoms with van der Waals surface area (Å²) in [5, 5.41) is 20.9. The minimum Gasteiger partial charge on any atom is -0.543 e. The molecule has 5 rings (SSSR count). The number of fused-ring (bicyclic) bond motifs is 2. The number of carboxylic acids is 1. The maximum atomic E-state index is 13.1. The molecule has 3 aromatic heterocycles. The number of amides is 2. The number of nitrogens with one attached hydrogen (secondary N) is 1. The number of carbonyl (C=O) groups excluding carboxylic acids is 3. The van der Waals surface area contributed by atoms with Crippen molar-refractivity contribution in [2.24, 2.45) is 5.16 Å². The van der Waals surface area contributed by atoms with Crippen molar-refractivity contribution in [2.75, 3.05) is 18.1 Å². The van der Waals surface area contributed by atoms with Crippen LogP contribution < -0.4 is 20.7 Å². The molecule has 11 nitrogen and oxygen atoms in total. The number of rotatable bonds is 8. The third-order valence-electron chi connectivity index (χ3n) is 5.77. The van der Waals surface area contributed by atoms with E-state index in [1.165, 1.54) is 28.0 Å². The number of carbonyl (C=O) groups is 3. The van der Waals surface area contributed by atoms with Gasteiger partial charge in [-0.1, -0.05) is 16.5 Å². The highest BCUT2D eigenvalue weighted by Crippen LogP contribution is 2.41. The smallest absolute Gasteiger partial charge is 0.276 e. The van der Waals surface area contributed by atoms with Gasteiger partial charge in [0.25, 0.3) is 16.6 Å².